The van der Waals surface area contributed by atoms with Crippen LogP contribution in [0.25, 0.3) is 11.1 Å². The van der Waals surface area contributed by atoms with E-state index in [-0.39, 0.29) is 5.41 Å². The summed E-state index contributed by atoms with van der Waals surface area (Å²) in [5.74, 6) is 0. The maximum Gasteiger partial charge on any atom is 0.0347 e. The zero-order valence-electron chi connectivity index (χ0n) is 30.9. The van der Waals surface area contributed by atoms with E-state index in [0.29, 0.717) is 12.1 Å². The first-order chi connectivity index (χ1) is 21.5. The molecule has 1 heterocycles. The lowest BCUT2D eigenvalue weighted by atomic mass is 9.69. The lowest BCUT2D eigenvalue weighted by Crippen LogP contribution is -2.52. The summed E-state index contributed by atoms with van der Waals surface area (Å²) in [6, 6.07) is 17.5. The molecule has 2 atom stereocenters. The minimum atomic E-state index is 0.0590. The first-order valence-electron chi connectivity index (χ1n) is 16.7. The van der Waals surface area contributed by atoms with Crippen LogP contribution in [-0.4, -0.2) is 12.1 Å². The van der Waals surface area contributed by atoms with Gasteiger partial charge in [-0.25, -0.2) is 0 Å². The Morgan fingerprint density at radius 2 is 1.38 bits per heavy atom. The summed E-state index contributed by atoms with van der Waals surface area (Å²) in [5, 5.41) is 3.62. The summed E-state index contributed by atoms with van der Waals surface area (Å²) in [7, 11) is 0. The second-order valence-corrected chi connectivity index (χ2v) is 10.9. The lowest BCUT2D eigenvalue weighted by Gasteiger charge is -2.44. The molecule has 0 saturated carbocycles. The zero-order valence-corrected chi connectivity index (χ0v) is 30.9. The fraction of sp³-hybridized carbons (Fsp3) is 0.364. The third kappa shape index (κ3) is 14.3. The van der Waals surface area contributed by atoms with Gasteiger partial charge >= 0.3 is 0 Å². The molecule has 1 aliphatic heterocycles. The fourth-order valence-electron chi connectivity index (χ4n) is 4.89. The molecule has 1 nitrogen and oxygen atoms in total. The summed E-state index contributed by atoms with van der Waals surface area (Å²) in [6.07, 6.45) is 17.7. The van der Waals surface area contributed by atoms with E-state index in [2.05, 4.69) is 158 Å². The number of hydrogen-bond acceptors (Lipinski definition) is 1. The van der Waals surface area contributed by atoms with Crippen LogP contribution in [0.5, 0.6) is 0 Å². The predicted molar refractivity (Wildman–Crippen MR) is 210 cm³/mol. The average molecular weight is 608 g/mol. The highest BCUT2D eigenvalue weighted by Crippen LogP contribution is 2.40. The maximum atomic E-state index is 4.25. The van der Waals surface area contributed by atoms with Crippen LogP contribution >= 0.6 is 0 Å². The molecule has 45 heavy (non-hydrogen) atoms. The van der Waals surface area contributed by atoms with Crippen molar-refractivity contribution in [1.82, 2.24) is 5.32 Å². The van der Waals surface area contributed by atoms with Gasteiger partial charge in [0.05, 0.1) is 0 Å². The monoisotopic (exact) mass is 608 g/mol. The molecule has 3 rings (SSSR count). The molecule has 2 aromatic carbocycles. The largest absolute Gasteiger partial charge is 0.303 e. The summed E-state index contributed by atoms with van der Waals surface area (Å²) >= 11 is 0. The van der Waals surface area contributed by atoms with Crippen LogP contribution in [0.2, 0.25) is 0 Å². The third-order valence-electron chi connectivity index (χ3n) is 7.24. The molecular formula is C44H65N. The van der Waals surface area contributed by atoms with Crippen LogP contribution in [0.1, 0.15) is 97.9 Å². The van der Waals surface area contributed by atoms with Gasteiger partial charge in [0.15, 0.2) is 0 Å². The van der Waals surface area contributed by atoms with Crippen LogP contribution in [0.15, 0.2) is 135 Å². The molecule has 0 bridgehead atoms. The highest BCUT2D eigenvalue weighted by molar-refractivity contribution is 5.88. The first kappa shape index (κ1) is 43.4. The molecule has 0 spiro atoms. The van der Waals surface area contributed by atoms with E-state index in [1.165, 1.54) is 39.0 Å². The van der Waals surface area contributed by atoms with E-state index in [9.17, 15) is 0 Å². The average Bonchev–Trinajstić information content (AvgIpc) is 3.03. The van der Waals surface area contributed by atoms with Gasteiger partial charge in [-0.2, -0.15) is 0 Å². The van der Waals surface area contributed by atoms with Crippen LogP contribution < -0.4 is 5.32 Å². The lowest BCUT2D eigenvalue weighted by molar-refractivity contribution is 0.295. The van der Waals surface area contributed by atoms with Gasteiger partial charge in [-0.3, -0.25) is 0 Å². The van der Waals surface area contributed by atoms with Gasteiger partial charge in [0.2, 0.25) is 0 Å². The molecule has 0 aliphatic carbocycles. The molecule has 0 aromatic heterocycles. The molecule has 0 radical (unpaired) electrons. The first-order valence-corrected chi connectivity index (χ1v) is 16.7. The van der Waals surface area contributed by atoms with Gasteiger partial charge in [0, 0.05) is 17.5 Å². The van der Waals surface area contributed by atoms with E-state index >= 15 is 0 Å². The predicted octanol–water partition coefficient (Wildman–Crippen LogP) is 13.2. The Balaban J connectivity index is 0. The van der Waals surface area contributed by atoms with Gasteiger partial charge in [-0.1, -0.05) is 159 Å². The third-order valence-corrected chi connectivity index (χ3v) is 7.24. The number of piperidine rings is 1. The Morgan fingerprint density at radius 3 is 1.82 bits per heavy atom. The van der Waals surface area contributed by atoms with Crippen molar-refractivity contribution in [3.05, 3.63) is 157 Å². The summed E-state index contributed by atoms with van der Waals surface area (Å²) in [4.78, 5) is 0. The van der Waals surface area contributed by atoms with Crippen LogP contribution in [0.3, 0.4) is 0 Å². The Morgan fingerprint density at radius 1 is 0.889 bits per heavy atom. The molecule has 1 heteroatoms. The Bertz CT molecular complexity index is 1290. The van der Waals surface area contributed by atoms with Crippen molar-refractivity contribution < 1.29 is 0 Å². The summed E-state index contributed by atoms with van der Waals surface area (Å²) < 4.78 is 0. The van der Waals surface area contributed by atoms with Crippen molar-refractivity contribution in [1.29, 1.82) is 0 Å². The van der Waals surface area contributed by atoms with Crippen molar-refractivity contribution in [2.24, 2.45) is 5.41 Å². The summed E-state index contributed by atoms with van der Waals surface area (Å²) in [6.45, 7) is 40.7. The van der Waals surface area contributed by atoms with E-state index in [4.69, 9.17) is 0 Å². The highest BCUT2D eigenvalue weighted by Gasteiger charge is 2.38. The number of hydrogen-bond donors (Lipinski definition) is 1. The maximum absolute atomic E-state index is 4.25. The molecule has 1 fully saturated rings. The highest BCUT2D eigenvalue weighted by atomic mass is 15.0. The van der Waals surface area contributed by atoms with Crippen molar-refractivity contribution in [3.8, 4) is 0 Å². The SMILES string of the molecule is C=C(/C=C(\C=C/C)c1ccccc1C)c1ccccc1C.C=C/C=C1\C(=C)C(C)NC(C=CCC)C1(C)C.C=CC.CC.CC. The Kier molecular flexibility index (Phi) is 23.8. The zero-order chi connectivity index (χ0) is 35.0. The molecule has 1 aliphatic rings. The van der Waals surface area contributed by atoms with E-state index < -0.39 is 0 Å². The van der Waals surface area contributed by atoms with Crippen LogP contribution in [0.4, 0.5) is 0 Å². The Hall–Kier alpha value is -3.68. The smallest absolute Gasteiger partial charge is 0.0347 e. The van der Waals surface area contributed by atoms with Gasteiger partial charge in [-0.05, 0) is 91.7 Å². The van der Waals surface area contributed by atoms with E-state index in [0.717, 1.165) is 12.0 Å². The number of rotatable bonds is 7. The van der Waals surface area contributed by atoms with Crippen molar-refractivity contribution in [2.45, 2.75) is 102 Å². The van der Waals surface area contributed by atoms with Crippen LogP contribution in [-0.2, 0) is 0 Å². The molecular weight excluding hydrogens is 542 g/mol. The topological polar surface area (TPSA) is 12.0 Å². The molecule has 2 aromatic rings. The van der Waals surface area contributed by atoms with Gasteiger partial charge < -0.3 is 5.32 Å². The fourth-order valence-corrected chi connectivity index (χ4v) is 4.89. The number of benzene rings is 2. The van der Waals surface area contributed by atoms with Crippen molar-refractivity contribution in [2.75, 3.05) is 0 Å². The minimum Gasteiger partial charge on any atom is -0.303 e. The minimum absolute atomic E-state index is 0.0590. The number of nitrogens with one attached hydrogen (secondary N) is 1. The second kappa shape index (κ2) is 24.6. The summed E-state index contributed by atoms with van der Waals surface area (Å²) in [5.41, 5.74) is 9.78. The molecule has 0 amide bonds. The standard InChI is InChI=1S/C21H22.C16H25N.C3H6.2C2H6/c1-5-10-19(21-14-9-7-12-17(21)3)15-18(4)20-13-8-6-11-16(20)2;1-7-9-11-15-16(5,6)14(10-8-2)12(3)13(4)17-15;1-3-2;2*1-2/h5-15H,4H2,1-3H3;8-11,13,15,17H,2-3,7H2,1,4-6H3;3H,1H2,2H3;2*1-2H3/b10-5-,19-15+;11-9?,14-10+;;;. The number of allylic oxidation sites excluding steroid dienone is 9. The van der Waals surface area contributed by atoms with Crippen molar-refractivity contribution in [3.63, 3.8) is 0 Å². The molecule has 2 unspecified atom stereocenters. The quantitative estimate of drug-likeness (QED) is 0.244. The van der Waals surface area contributed by atoms with E-state index in [1.807, 2.05) is 47.6 Å². The molecule has 246 valence electrons. The van der Waals surface area contributed by atoms with E-state index in [1.54, 1.807) is 6.08 Å². The molecule has 1 N–H and O–H groups in total. The van der Waals surface area contributed by atoms with Gasteiger partial charge in [0.1, 0.15) is 0 Å². The molecule has 1 saturated heterocycles. The number of aryl methyl sites for hydroxylation is 2. The van der Waals surface area contributed by atoms with Gasteiger partial charge in [-0.15, -0.1) is 6.58 Å². The second-order valence-electron chi connectivity index (χ2n) is 10.9. The van der Waals surface area contributed by atoms with Crippen LogP contribution in [0, 0.1) is 19.3 Å². The van der Waals surface area contributed by atoms with Crippen molar-refractivity contribution >= 4 is 11.1 Å². The Labute approximate surface area is 279 Å². The van der Waals surface area contributed by atoms with Gasteiger partial charge in [0.25, 0.3) is 0 Å². The normalized spacial score (nSPS) is 17.8.